The molecule has 1 rings (SSSR count). The lowest BCUT2D eigenvalue weighted by atomic mass is 10.2. The Morgan fingerprint density at radius 1 is 1.53 bits per heavy atom. The fourth-order valence-electron chi connectivity index (χ4n) is 1.28. The molecule has 2 N–H and O–H groups in total. The minimum absolute atomic E-state index is 0.257. The normalized spacial score (nSPS) is 12.3. The van der Waals surface area contributed by atoms with Gasteiger partial charge in [-0.3, -0.25) is 4.98 Å². The third-order valence-electron chi connectivity index (χ3n) is 2.34. The summed E-state index contributed by atoms with van der Waals surface area (Å²) in [6.07, 6.45) is 4.11. The second-order valence-electron chi connectivity index (χ2n) is 3.74. The van der Waals surface area contributed by atoms with Crippen LogP contribution in [-0.2, 0) is 0 Å². The Hall–Kier alpha value is -1.29. The first-order valence-electron chi connectivity index (χ1n) is 5.15. The second-order valence-corrected chi connectivity index (χ2v) is 3.74. The number of aliphatic hydroxyl groups is 1. The van der Waals surface area contributed by atoms with Crippen LogP contribution in [0.2, 0.25) is 0 Å². The molecule has 0 aliphatic heterocycles. The number of nitrogens with zero attached hydrogens (tertiary/aromatic N) is 2. The van der Waals surface area contributed by atoms with E-state index in [1.807, 2.05) is 26.4 Å². The average Bonchev–Trinajstić information content (AvgIpc) is 2.26. The van der Waals surface area contributed by atoms with Crippen LogP contribution < -0.4 is 10.2 Å². The SMILES string of the molecule is CNc1cncc(N(C)CCC(C)O)c1. The van der Waals surface area contributed by atoms with Gasteiger partial charge in [0.15, 0.2) is 0 Å². The van der Waals surface area contributed by atoms with Crippen molar-refractivity contribution in [3.8, 4) is 0 Å². The van der Waals surface area contributed by atoms with Crippen LogP contribution in [0.4, 0.5) is 11.4 Å². The van der Waals surface area contributed by atoms with Crippen molar-refractivity contribution in [1.82, 2.24) is 4.98 Å². The highest BCUT2D eigenvalue weighted by atomic mass is 16.3. The maximum atomic E-state index is 9.19. The van der Waals surface area contributed by atoms with E-state index in [2.05, 4.69) is 15.2 Å². The molecule has 1 unspecified atom stereocenters. The lowest BCUT2D eigenvalue weighted by Crippen LogP contribution is -2.21. The number of pyridine rings is 1. The lowest BCUT2D eigenvalue weighted by Gasteiger charge is -2.20. The second kappa shape index (κ2) is 5.56. The predicted molar refractivity (Wildman–Crippen MR) is 63.4 cm³/mol. The molecule has 0 saturated carbocycles. The zero-order valence-electron chi connectivity index (χ0n) is 9.57. The van der Waals surface area contributed by atoms with Crippen molar-refractivity contribution < 1.29 is 5.11 Å². The fraction of sp³-hybridized carbons (Fsp3) is 0.545. The number of rotatable bonds is 5. The molecule has 4 nitrogen and oxygen atoms in total. The Labute approximate surface area is 90.9 Å². The summed E-state index contributed by atoms with van der Waals surface area (Å²) in [7, 11) is 3.87. The highest BCUT2D eigenvalue weighted by molar-refractivity contribution is 5.54. The quantitative estimate of drug-likeness (QED) is 0.768. The van der Waals surface area contributed by atoms with Gasteiger partial charge in [0.05, 0.1) is 29.9 Å². The van der Waals surface area contributed by atoms with Crippen molar-refractivity contribution in [2.75, 3.05) is 30.9 Å². The van der Waals surface area contributed by atoms with Gasteiger partial charge in [0.25, 0.3) is 0 Å². The largest absolute Gasteiger partial charge is 0.393 e. The van der Waals surface area contributed by atoms with Crippen LogP contribution >= 0.6 is 0 Å². The van der Waals surface area contributed by atoms with Gasteiger partial charge in [0.1, 0.15) is 0 Å². The maximum absolute atomic E-state index is 9.19. The molecular weight excluding hydrogens is 190 g/mol. The molecule has 0 amide bonds. The van der Waals surface area contributed by atoms with Gasteiger partial charge in [-0.15, -0.1) is 0 Å². The van der Waals surface area contributed by atoms with Gasteiger partial charge in [-0.25, -0.2) is 0 Å². The minimum atomic E-state index is -0.257. The number of nitrogens with one attached hydrogen (secondary N) is 1. The molecule has 0 saturated heterocycles. The van der Waals surface area contributed by atoms with E-state index < -0.39 is 0 Å². The van der Waals surface area contributed by atoms with Gasteiger partial charge in [-0.1, -0.05) is 0 Å². The smallest absolute Gasteiger partial charge is 0.0570 e. The molecule has 0 fully saturated rings. The molecule has 4 heteroatoms. The molecule has 0 aliphatic rings. The topological polar surface area (TPSA) is 48.4 Å². The van der Waals surface area contributed by atoms with E-state index in [0.717, 1.165) is 24.3 Å². The zero-order valence-corrected chi connectivity index (χ0v) is 9.57. The van der Waals surface area contributed by atoms with Crippen molar-refractivity contribution in [2.45, 2.75) is 19.4 Å². The Morgan fingerprint density at radius 3 is 2.87 bits per heavy atom. The number of hydrogen-bond acceptors (Lipinski definition) is 4. The summed E-state index contributed by atoms with van der Waals surface area (Å²) >= 11 is 0. The van der Waals surface area contributed by atoms with E-state index in [9.17, 15) is 5.11 Å². The highest BCUT2D eigenvalue weighted by Gasteiger charge is 2.03. The Kier molecular flexibility index (Phi) is 4.37. The number of anilines is 2. The van der Waals surface area contributed by atoms with Crippen molar-refractivity contribution in [3.63, 3.8) is 0 Å². The summed E-state index contributed by atoms with van der Waals surface area (Å²) in [6.45, 7) is 2.63. The average molecular weight is 209 g/mol. The summed E-state index contributed by atoms with van der Waals surface area (Å²) in [5.74, 6) is 0. The van der Waals surface area contributed by atoms with E-state index in [-0.39, 0.29) is 6.10 Å². The Morgan fingerprint density at radius 2 is 2.27 bits per heavy atom. The molecule has 0 aliphatic carbocycles. The third-order valence-corrected chi connectivity index (χ3v) is 2.34. The fourth-order valence-corrected chi connectivity index (χ4v) is 1.28. The third kappa shape index (κ3) is 3.75. The lowest BCUT2D eigenvalue weighted by molar-refractivity contribution is 0.187. The number of aliphatic hydroxyl groups excluding tert-OH is 1. The number of hydrogen-bond donors (Lipinski definition) is 2. The van der Waals surface area contributed by atoms with Crippen molar-refractivity contribution in [2.24, 2.45) is 0 Å². The van der Waals surface area contributed by atoms with E-state index in [4.69, 9.17) is 0 Å². The molecule has 1 heterocycles. The monoisotopic (exact) mass is 209 g/mol. The van der Waals surface area contributed by atoms with Crippen LogP contribution in [0.25, 0.3) is 0 Å². The molecule has 0 radical (unpaired) electrons. The van der Waals surface area contributed by atoms with Crippen molar-refractivity contribution >= 4 is 11.4 Å². The van der Waals surface area contributed by atoms with E-state index >= 15 is 0 Å². The maximum Gasteiger partial charge on any atom is 0.0570 e. The van der Waals surface area contributed by atoms with Gasteiger partial charge in [0.2, 0.25) is 0 Å². The van der Waals surface area contributed by atoms with Gasteiger partial charge < -0.3 is 15.3 Å². The summed E-state index contributed by atoms with van der Waals surface area (Å²) in [4.78, 5) is 6.22. The molecule has 15 heavy (non-hydrogen) atoms. The first-order chi connectivity index (χ1) is 7.13. The van der Waals surface area contributed by atoms with Crippen molar-refractivity contribution in [3.05, 3.63) is 18.5 Å². The minimum Gasteiger partial charge on any atom is -0.393 e. The number of aromatic nitrogens is 1. The van der Waals surface area contributed by atoms with Gasteiger partial charge in [0, 0.05) is 20.6 Å². The molecule has 1 aromatic rings. The van der Waals surface area contributed by atoms with Crippen LogP contribution in [0.5, 0.6) is 0 Å². The summed E-state index contributed by atoms with van der Waals surface area (Å²) in [5.41, 5.74) is 2.05. The van der Waals surface area contributed by atoms with E-state index in [0.29, 0.717) is 0 Å². The highest BCUT2D eigenvalue weighted by Crippen LogP contribution is 2.16. The molecule has 0 spiro atoms. The molecule has 0 aromatic carbocycles. The van der Waals surface area contributed by atoms with Crippen LogP contribution in [0.1, 0.15) is 13.3 Å². The van der Waals surface area contributed by atoms with Gasteiger partial charge in [-0.2, -0.15) is 0 Å². The molecule has 0 bridgehead atoms. The Bertz CT molecular complexity index is 302. The zero-order chi connectivity index (χ0) is 11.3. The van der Waals surface area contributed by atoms with Crippen LogP contribution in [0.3, 0.4) is 0 Å². The van der Waals surface area contributed by atoms with Crippen LogP contribution in [0.15, 0.2) is 18.5 Å². The van der Waals surface area contributed by atoms with E-state index in [1.54, 1.807) is 13.1 Å². The van der Waals surface area contributed by atoms with Crippen LogP contribution in [-0.4, -0.2) is 36.8 Å². The van der Waals surface area contributed by atoms with Crippen molar-refractivity contribution in [1.29, 1.82) is 0 Å². The summed E-state index contributed by atoms with van der Waals surface area (Å²) in [5, 5.41) is 12.2. The first-order valence-corrected chi connectivity index (χ1v) is 5.15. The summed E-state index contributed by atoms with van der Waals surface area (Å²) in [6, 6.07) is 2.04. The first kappa shape index (κ1) is 11.8. The molecule has 1 atom stereocenters. The summed E-state index contributed by atoms with van der Waals surface area (Å²) < 4.78 is 0. The van der Waals surface area contributed by atoms with Crippen LogP contribution in [0, 0.1) is 0 Å². The standard InChI is InChI=1S/C11H19N3O/c1-9(15)4-5-14(3)11-6-10(12-2)7-13-8-11/h6-9,12,15H,4-5H2,1-3H3. The van der Waals surface area contributed by atoms with Gasteiger partial charge in [-0.05, 0) is 19.4 Å². The Balaban J connectivity index is 2.60. The van der Waals surface area contributed by atoms with E-state index in [1.165, 1.54) is 0 Å². The predicted octanol–water partition coefficient (Wildman–Crippen LogP) is 1.33. The van der Waals surface area contributed by atoms with Gasteiger partial charge >= 0.3 is 0 Å². The molecular formula is C11H19N3O. The molecule has 84 valence electrons. The molecule has 1 aromatic heterocycles.